The molecule has 2 aliphatic rings. The number of fused-ring (bicyclic) bond motifs is 1. The molecule has 1 unspecified atom stereocenters. The van der Waals surface area contributed by atoms with Gasteiger partial charge in [-0.1, -0.05) is 42.5 Å². The van der Waals surface area contributed by atoms with Crippen LogP contribution in [0.1, 0.15) is 28.8 Å². The third kappa shape index (κ3) is 5.17. The first-order valence-electron chi connectivity index (χ1n) is 10.0. The molecule has 1 saturated carbocycles. The molecule has 2 aromatic rings. The zero-order chi connectivity index (χ0) is 21.3. The summed E-state index contributed by atoms with van der Waals surface area (Å²) >= 11 is 0. The van der Waals surface area contributed by atoms with Gasteiger partial charge in [-0.2, -0.15) is 0 Å². The summed E-state index contributed by atoms with van der Waals surface area (Å²) < 4.78 is 11.8. The summed E-state index contributed by atoms with van der Waals surface area (Å²) in [4.78, 5) is 23.6. The Morgan fingerprint density at radius 2 is 1.83 bits per heavy atom. The van der Waals surface area contributed by atoms with Crippen molar-refractivity contribution in [3.8, 4) is 5.75 Å². The fourth-order valence-electron chi connectivity index (χ4n) is 4.11. The molecular weight excluding hydrogens is 386 g/mol. The van der Waals surface area contributed by atoms with E-state index in [4.69, 9.17) is 19.4 Å². The van der Waals surface area contributed by atoms with Gasteiger partial charge in [-0.15, -0.1) is 0 Å². The Morgan fingerprint density at radius 1 is 1.13 bits per heavy atom. The lowest BCUT2D eigenvalue weighted by molar-refractivity contribution is -0.122. The first-order valence-corrected chi connectivity index (χ1v) is 10.0. The highest BCUT2D eigenvalue weighted by Gasteiger charge is 2.43. The van der Waals surface area contributed by atoms with Crippen LogP contribution >= 0.6 is 0 Å². The van der Waals surface area contributed by atoms with Gasteiger partial charge in [0.15, 0.2) is 0 Å². The van der Waals surface area contributed by atoms with Crippen molar-refractivity contribution < 1.29 is 29.3 Å². The van der Waals surface area contributed by atoms with Crippen LogP contribution in [-0.4, -0.2) is 59.4 Å². The lowest BCUT2D eigenvalue weighted by Gasteiger charge is -2.37. The van der Waals surface area contributed by atoms with Gasteiger partial charge in [-0.25, -0.2) is 0 Å². The summed E-state index contributed by atoms with van der Waals surface area (Å²) in [5.41, 5.74) is 1.65. The number of aliphatic hydroxyl groups excluding tert-OH is 1. The quantitative estimate of drug-likeness (QED) is 0.732. The summed E-state index contributed by atoms with van der Waals surface area (Å²) in [7, 11) is 0. The molecule has 3 atom stereocenters. The van der Waals surface area contributed by atoms with E-state index in [1.54, 1.807) is 0 Å². The molecule has 4 rings (SSSR count). The molecule has 0 radical (unpaired) electrons. The largest absolute Gasteiger partial charge is 0.488 e. The number of nitrogens with zero attached hydrogens (tertiary/aromatic N) is 1. The molecule has 1 saturated heterocycles. The third-order valence-corrected chi connectivity index (χ3v) is 5.51. The number of amides is 1. The number of aliphatic hydroxyl groups is 1. The maximum atomic E-state index is 13.3. The molecule has 1 aliphatic heterocycles. The van der Waals surface area contributed by atoms with Crippen LogP contribution in [0.3, 0.4) is 0 Å². The van der Waals surface area contributed by atoms with Gasteiger partial charge in [0.05, 0.1) is 24.3 Å². The normalized spacial score (nSPS) is 22.4. The SMILES string of the molecule is O=C(c1ccccc1OCc1ccccc1)N1CCOC2C[C@H](CO)C[C@@H]21.O=CO. The second kappa shape index (κ2) is 10.8. The zero-order valence-corrected chi connectivity index (χ0v) is 16.7. The van der Waals surface area contributed by atoms with Crippen molar-refractivity contribution in [2.75, 3.05) is 19.8 Å². The predicted molar refractivity (Wildman–Crippen MR) is 110 cm³/mol. The smallest absolute Gasteiger partial charge is 0.290 e. The minimum atomic E-state index is -0.250. The molecule has 7 heteroatoms. The summed E-state index contributed by atoms with van der Waals surface area (Å²) in [6, 6.07) is 17.4. The van der Waals surface area contributed by atoms with Gasteiger partial charge in [-0.05, 0) is 36.5 Å². The minimum Gasteiger partial charge on any atom is -0.488 e. The summed E-state index contributed by atoms with van der Waals surface area (Å²) in [5, 5.41) is 16.4. The van der Waals surface area contributed by atoms with Gasteiger partial charge in [-0.3, -0.25) is 9.59 Å². The van der Waals surface area contributed by atoms with Gasteiger partial charge in [0.25, 0.3) is 12.4 Å². The van der Waals surface area contributed by atoms with Crippen LogP contribution in [0.25, 0.3) is 0 Å². The molecule has 0 aromatic heterocycles. The number of ether oxygens (including phenoxy) is 2. The Bertz CT molecular complexity index is 827. The molecule has 30 heavy (non-hydrogen) atoms. The number of carbonyl (C=O) groups is 2. The van der Waals surface area contributed by atoms with Crippen LogP contribution in [0.5, 0.6) is 5.75 Å². The number of rotatable bonds is 5. The number of carbonyl (C=O) groups excluding carboxylic acids is 1. The zero-order valence-electron chi connectivity index (χ0n) is 16.7. The van der Waals surface area contributed by atoms with E-state index in [2.05, 4.69) is 0 Å². The van der Waals surface area contributed by atoms with E-state index in [1.807, 2.05) is 59.5 Å². The maximum Gasteiger partial charge on any atom is 0.290 e. The Kier molecular flexibility index (Phi) is 7.82. The molecule has 0 spiro atoms. The lowest BCUT2D eigenvalue weighted by atomic mass is 10.1. The predicted octanol–water partition coefficient (Wildman–Crippen LogP) is 2.58. The van der Waals surface area contributed by atoms with Gasteiger partial charge < -0.3 is 24.6 Å². The molecule has 1 heterocycles. The van der Waals surface area contributed by atoms with E-state index in [-0.39, 0.29) is 37.0 Å². The molecule has 2 N–H and O–H groups in total. The maximum absolute atomic E-state index is 13.3. The molecule has 2 fully saturated rings. The monoisotopic (exact) mass is 413 g/mol. The number of carboxylic acid groups (broad SMARTS) is 1. The van der Waals surface area contributed by atoms with Gasteiger partial charge in [0.2, 0.25) is 0 Å². The standard InChI is InChI=1S/C22H25NO4.CH2O2/c24-14-17-12-19-21(13-17)26-11-10-23(19)22(25)18-8-4-5-9-20(18)27-15-16-6-2-1-3-7-16;2-1-3/h1-9,17,19,21,24H,10-15H2;1H,(H,2,3)/t17-,19+,21?;/m1./s1. The molecular formula is C23H27NO6. The molecule has 0 bridgehead atoms. The highest BCUT2D eigenvalue weighted by Crippen LogP contribution is 2.35. The molecule has 2 aromatic carbocycles. The van der Waals surface area contributed by atoms with E-state index in [0.29, 0.717) is 31.1 Å². The van der Waals surface area contributed by atoms with Crippen molar-refractivity contribution in [2.24, 2.45) is 5.92 Å². The Hall–Kier alpha value is -2.90. The Morgan fingerprint density at radius 3 is 2.57 bits per heavy atom. The van der Waals surface area contributed by atoms with Crippen molar-refractivity contribution in [3.63, 3.8) is 0 Å². The summed E-state index contributed by atoms with van der Waals surface area (Å²) in [6.07, 6.45) is 1.63. The van der Waals surface area contributed by atoms with Crippen molar-refractivity contribution in [2.45, 2.75) is 31.6 Å². The van der Waals surface area contributed by atoms with Crippen LogP contribution in [-0.2, 0) is 16.1 Å². The fraction of sp³-hybridized carbons (Fsp3) is 0.391. The van der Waals surface area contributed by atoms with Crippen molar-refractivity contribution in [1.29, 1.82) is 0 Å². The molecule has 1 aliphatic carbocycles. The third-order valence-electron chi connectivity index (χ3n) is 5.51. The van der Waals surface area contributed by atoms with Crippen molar-refractivity contribution >= 4 is 12.4 Å². The van der Waals surface area contributed by atoms with Crippen LogP contribution in [0.4, 0.5) is 0 Å². The summed E-state index contributed by atoms with van der Waals surface area (Å²) in [6.45, 7) is 1.44. The van der Waals surface area contributed by atoms with E-state index < -0.39 is 0 Å². The van der Waals surface area contributed by atoms with E-state index in [9.17, 15) is 9.90 Å². The van der Waals surface area contributed by atoms with Crippen LogP contribution < -0.4 is 4.74 Å². The topological polar surface area (TPSA) is 96.3 Å². The summed E-state index contributed by atoms with van der Waals surface area (Å²) in [5.74, 6) is 0.791. The van der Waals surface area contributed by atoms with E-state index in [1.165, 1.54) is 0 Å². The first-order chi connectivity index (χ1) is 14.7. The van der Waals surface area contributed by atoms with E-state index >= 15 is 0 Å². The van der Waals surface area contributed by atoms with Crippen LogP contribution in [0, 0.1) is 5.92 Å². The van der Waals surface area contributed by atoms with Gasteiger partial charge >= 0.3 is 0 Å². The number of morpholine rings is 1. The average molecular weight is 413 g/mol. The number of hydrogen-bond acceptors (Lipinski definition) is 5. The molecule has 160 valence electrons. The first kappa shape index (κ1) is 21.8. The fourth-order valence-corrected chi connectivity index (χ4v) is 4.11. The highest BCUT2D eigenvalue weighted by molar-refractivity contribution is 5.97. The minimum absolute atomic E-state index is 0.0180. The van der Waals surface area contributed by atoms with Crippen molar-refractivity contribution in [1.82, 2.24) is 4.90 Å². The van der Waals surface area contributed by atoms with Gasteiger partial charge in [0.1, 0.15) is 12.4 Å². The molecule has 7 nitrogen and oxygen atoms in total. The lowest BCUT2D eigenvalue weighted by Crippen LogP contribution is -2.51. The Labute approximate surface area is 175 Å². The van der Waals surface area contributed by atoms with E-state index in [0.717, 1.165) is 18.4 Å². The second-order valence-electron chi connectivity index (χ2n) is 7.37. The number of para-hydroxylation sites is 1. The number of hydrogen-bond donors (Lipinski definition) is 2. The average Bonchev–Trinajstić information content (AvgIpc) is 3.22. The Balaban J connectivity index is 0.000000806. The number of benzene rings is 2. The van der Waals surface area contributed by atoms with Crippen LogP contribution in [0.2, 0.25) is 0 Å². The molecule has 1 amide bonds. The highest BCUT2D eigenvalue weighted by atomic mass is 16.5. The van der Waals surface area contributed by atoms with Crippen LogP contribution in [0.15, 0.2) is 54.6 Å². The second-order valence-corrected chi connectivity index (χ2v) is 7.37. The van der Waals surface area contributed by atoms with Crippen molar-refractivity contribution in [3.05, 3.63) is 65.7 Å². The van der Waals surface area contributed by atoms with Gasteiger partial charge in [0, 0.05) is 13.2 Å².